The van der Waals surface area contributed by atoms with Crippen LogP contribution in [0.1, 0.15) is 49.3 Å². The molecule has 0 bridgehead atoms. The van der Waals surface area contributed by atoms with E-state index in [1.807, 2.05) is 25.1 Å². The number of benzene rings is 1. The van der Waals surface area contributed by atoms with Crippen molar-refractivity contribution >= 4 is 23.0 Å². The first-order valence-corrected chi connectivity index (χ1v) is 7.55. The van der Waals surface area contributed by atoms with Crippen molar-refractivity contribution in [2.24, 2.45) is 0 Å². The molecule has 1 amide bonds. The van der Waals surface area contributed by atoms with Crippen molar-refractivity contribution in [2.45, 2.75) is 46.3 Å². The standard InChI is InChI=1S/C17H22N2O4/c1-5-11-12-7-6-10(8-13(12)19-14(11)15(20)21)9-18-16(22)23-17(2,3)4/h6-8,19H,5,9H2,1-4H3,(H,18,22)(H,20,21). The van der Waals surface area contributed by atoms with E-state index in [9.17, 15) is 14.7 Å². The van der Waals surface area contributed by atoms with Crippen molar-refractivity contribution in [3.63, 3.8) is 0 Å². The smallest absolute Gasteiger partial charge is 0.407 e. The van der Waals surface area contributed by atoms with E-state index in [0.717, 1.165) is 22.0 Å². The number of hydrogen-bond acceptors (Lipinski definition) is 3. The molecule has 0 saturated carbocycles. The van der Waals surface area contributed by atoms with Crippen LogP contribution in [-0.4, -0.2) is 27.8 Å². The summed E-state index contributed by atoms with van der Waals surface area (Å²) in [6, 6.07) is 5.60. The Morgan fingerprint density at radius 2 is 2.00 bits per heavy atom. The van der Waals surface area contributed by atoms with E-state index >= 15 is 0 Å². The predicted molar refractivity (Wildman–Crippen MR) is 87.7 cm³/mol. The number of fused-ring (bicyclic) bond motifs is 1. The number of carboxylic acids is 1. The Balaban J connectivity index is 2.18. The van der Waals surface area contributed by atoms with Crippen molar-refractivity contribution in [1.82, 2.24) is 10.3 Å². The maximum atomic E-state index is 11.7. The second kappa shape index (κ2) is 6.32. The van der Waals surface area contributed by atoms with Gasteiger partial charge in [-0.25, -0.2) is 9.59 Å². The van der Waals surface area contributed by atoms with Gasteiger partial charge in [0.1, 0.15) is 11.3 Å². The maximum Gasteiger partial charge on any atom is 0.407 e. The minimum atomic E-state index is -0.966. The SMILES string of the molecule is CCc1c(C(=O)O)[nH]c2cc(CNC(=O)OC(C)(C)C)ccc12. The van der Waals surface area contributed by atoms with Crippen LogP contribution in [-0.2, 0) is 17.7 Å². The quantitative estimate of drug-likeness (QED) is 0.805. The molecular weight excluding hydrogens is 296 g/mol. The van der Waals surface area contributed by atoms with E-state index in [0.29, 0.717) is 13.0 Å². The van der Waals surface area contributed by atoms with Gasteiger partial charge in [0.2, 0.25) is 0 Å². The van der Waals surface area contributed by atoms with Gasteiger partial charge in [0.15, 0.2) is 0 Å². The maximum absolute atomic E-state index is 11.7. The van der Waals surface area contributed by atoms with E-state index in [1.54, 1.807) is 20.8 Å². The topological polar surface area (TPSA) is 91.4 Å². The molecule has 0 aliphatic carbocycles. The van der Waals surface area contributed by atoms with Crippen molar-refractivity contribution in [2.75, 3.05) is 0 Å². The van der Waals surface area contributed by atoms with Crippen molar-refractivity contribution < 1.29 is 19.4 Å². The Morgan fingerprint density at radius 3 is 2.57 bits per heavy atom. The number of aromatic amines is 1. The zero-order chi connectivity index (χ0) is 17.2. The number of rotatable bonds is 4. The van der Waals surface area contributed by atoms with Crippen molar-refractivity contribution in [3.05, 3.63) is 35.0 Å². The van der Waals surface area contributed by atoms with Gasteiger partial charge in [0.05, 0.1) is 0 Å². The molecule has 0 aliphatic rings. The number of amides is 1. The van der Waals surface area contributed by atoms with Gasteiger partial charge in [0, 0.05) is 17.4 Å². The summed E-state index contributed by atoms with van der Waals surface area (Å²) in [5.41, 5.74) is 2.09. The van der Waals surface area contributed by atoms with Gasteiger partial charge in [0.25, 0.3) is 0 Å². The van der Waals surface area contributed by atoms with Gasteiger partial charge in [-0.05, 0) is 44.4 Å². The lowest BCUT2D eigenvalue weighted by atomic mass is 10.1. The van der Waals surface area contributed by atoms with Gasteiger partial charge >= 0.3 is 12.1 Å². The van der Waals surface area contributed by atoms with Gasteiger partial charge in [-0.2, -0.15) is 0 Å². The fraction of sp³-hybridized carbons (Fsp3) is 0.412. The Labute approximate surface area is 134 Å². The molecule has 0 spiro atoms. The van der Waals surface area contributed by atoms with Crippen LogP contribution in [0.25, 0.3) is 10.9 Å². The minimum Gasteiger partial charge on any atom is -0.477 e. The third-order valence-corrected chi connectivity index (χ3v) is 3.37. The molecule has 124 valence electrons. The number of aromatic nitrogens is 1. The molecule has 0 atom stereocenters. The van der Waals surface area contributed by atoms with Crippen LogP contribution in [0.2, 0.25) is 0 Å². The molecule has 0 radical (unpaired) electrons. The summed E-state index contributed by atoms with van der Waals surface area (Å²) in [5.74, 6) is -0.966. The minimum absolute atomic E-state index is 0.222. The van der Waals surface area contributed by atoms with Gasteiger partial charge in [-0.15, -0.1) is 0 Å². The first-order chi connectivity index (χ1) is 10.7. The molecular formula is C17H22N2O4. The molecule has 3 N–H and O–H groups in total. The number of nitrogens with one attached hydrogen (secondary N) is 2. The van der Waals surface area contributed by atoms with Crippen LogP contribution in [0, 0.1) is 0 Å². The third kappa shape index (κ3) is 4.03. The van der Waals surface area contributed by atoms with Crippen LogP contribution in [0.5, 0.6) is 0 Å². The van der Waals surface area contributed by atoms with E-state index in [2.05, 4.69) is 10.3 Å². The van der Waals surface area contributed by atoms with Gasteiger partial charge in [-0.3, -0.25) is 0 Å². The van der Waals surface area contributed by atoms with Crippen LogP contribution in [0.4, 0.5) is 4.79 Å². The molecule has 1 heterocycles. The molecule has 0 saturated heterocycles. The van der Waals surface area contributed by atoms with Crippen LogP contribution >= 0.6 is 0 Å². The molecule has 0 fully saturated rings. The third-order valence-electron chi connectivity index (χ3n) is 3.37. The number of aryl methyl sites for hydroxylation is 1. The van der Waals surface area contributed by atoms with E-state index in [4.69, 9.17) is 4.74 Å². The molecule has 2 rings (SSSR count). The second-order valence-electron chi connectivity index (χ2n) is 6.37. The number of ether oxygens (including phenoxy) is 1. The molecule has 0 unspecified atom stereocenters. The lowest BCUT2D eigenvalue weighted by Crippen LogP contribution is -2.32. The predicted octanol–water partition coefficient (Wildman–Crippen LogP) is 3.45. The molecule has 1 aromatic carbocycles. The zero-order valence-corrected chi connectivity index (χ0v) is 13.8. The largest absolute Gasteiger partial charge is 0.477 e. The average Bonchev–Trinajstić information content (AvgIpc) is 2.81. The number of carbonyl (C=O) groups is 2. The van der Waals surface area contributed by atoms with E-state index in [1.165, 1.54) is 0 Å². The highest BCUT2D eigenvalue weighted by atomic mass is 16.6. The summed E-state index contributed by atoms with van der Waals surface area (Å²) in [6.07, 6.45) is 0.154. The first kappa shape index (κ1) is 16.9. The molecule has 1 aromatic heterocycles. The number of aromatic carboxylic acids is 1. The number of carboxylic acid groups (broad SMARTS) is 1. The molecule has 6 heteroatoms. The summed E-state index contributed by atoms with van der Waals surface area (Å²) >= 11 is 0. The lowest BCUT2D eigenvalue weighted by Gasteiger charge is -2.19. The summed E-state index contributed by atoms with van der Waals surface area (Å²) in [5, 5.41) is 12.8. The summed E-state index contributed by atoms with van der Waals surface area (Å²) < 4.78 is 5.18. The second-order valence-corrected chi connectivity index (χ2v) is 6.37. The Kier molecular flexibility index (Phi) is 4.63. The fourth-order valence-corrected chi connectivity index (χ4v) is 2.45. The van der Waals surface area contributed by atoms with Crippen LogP contribution in [0.3, 0.4) is 0 Å². The molecule has 6 nitrogen and oxygen atoms in total. The summed E-state index contributed by atoms with van der Waals surface area (Å²) in [4.78, 5) is 25.9. The van der Waals surface area contributed by atoms with Gasteiger partial charge < -0.3 is 20.1 Å². The van der Waals surface area contributed by atoms with E-state index < -0.39 is 17.7 Å². The zero-order valence-electron chi connectivity index (χ0n) is 13.8. The van der Waals surface area contributed by atoms with Crippen LogP contribution in [0.15, 0.2) is 18.2 Å². The van der Waals surface area contributed by atoms with Crippen molar-refractivity contribution in [1.29, 1.82) is 0 Å². The summed E-state index contributed by atoms with van der Waals surface area (Å²) in [6.45, 7) is 7.65. The fourth-order valence-electron chi connectivity index (χ4n) is 2.45. The highest BCUT2D eigenvalue weighted by Gasteiger charge is 2.17. The number of hydrogen-bond donors (Lipinski definition) is 3. The van der Waals surface area contributed by atoms with Crippen molar-refractivity contribution in [3.8, 4) is 0 Å². The summed E-state index contributed by atoms with van der Waals surface area (Å²) in [7, 11) is 0. The Bertz CT molecular complexity index is 741. The monoisotopic (exact) mass is 318 g/mol. The lowest BCUT2D eigenvalue weighted by molar-refractivity contribution is 0.0523. The number of H-pyrrole nitrogens is 1. The van der Waals surface area contributed by atoms with E-state index in [-0.39, 0.29) is 5.69 Å². The van der Waals surface area contributed by atoms with Crippen LogP contribution < -0.4 is 5.32 Å². The van der Waals surface area contributed by atoms with Gasteiger partial charge in [-0.1, -0.05) is 19.1 Å². The molecule has 2 aromatic rings. The first-order valence-electron chi connectivity index (χ1n) is 7.55. The highest BCUT2D eigenvalue weighted by molar-refractivity contribution is 5.97. The highest BCUT2D eigenvalue weighted by Crippen LogP contribution is 2.24. The number of alkyl carbamates (subject to hydrolysis) is 1. The normalized spacial score (nSPS) is 11.5. The Hall–Kier alpha value is -2.50. The Morgan fingerprint density at radius 1 is 1.30 bits per heavy atom. The number of carbonyl (C=O) groups excluding carboxylic acids is 1. The molecule has 23 heavy (non-hydrogen) atoms. The average molecular weight is 318 g/mol. The molecule has 0 aliphatic heterocycles.